The van der Waals surface area contributed by atoms with Crippen LogP contribution in [-0.2, 0) is 16.1 Å². The average Bonchev–Trinajstić information content (AvgIpc) is 2.53. The van der Waals surface area contributed by atoms with Gasteiger partial charge in [-0.15, -0.1) is 0 Å². The Hall–Kier alpha value is -1.64. The molecule has 0 radical (unpaired) electrons. The van der Waals surface area contributed by atoms with Crippen molar-refractivity contribution < 1.29 is 9.53 Å². The monoisotopic (exact) mass is 348 g/mol. The summed E-state index contributed by atoms with van der Waals surface area (Å²) in [6.07, 6.45) is 3.04. The third kappa shape index (κ3) is 3.93. The molecular formula is C16H17BrN2O2. The Bertz CT molecular complexity index is 574. The predicted octanol–water partition coefficient (Wildman–Crippen LogP) is 3.01. The van der Waals surface area contributed by atoms with E-state index in [0.717, 1.165) is 22.9 Å². The first kappa shape index (κ1) is 15.7. The summed E-state index contributed by atoms with van der Waals surface area (Å²) in [6.45, 7) is 5.45. The van der Waals surface area contributed by atoms with Crippen molar-refractivity contribution in [2.24, 2.45) is 0 Å². The molecule has 110 valence electrons. The number of rotatable bonds is 4. The molecule has 0 aromatic heterocycles. The Kier molecular flexibility index (Phi) is 5.54. The van der Waals surface area contributed by atoms with Crippen molar-refractivity contribution in [3.05, 3.63) is 46.5 Å². The summed E-state index contributed by atoms with van der Waals surface area (Å²) in [6, 6.07) is 7.69. The SMILES string of the molecule is C=CC(=O)N(Cc1ccc(C#N)cc1Br)C1CCOCC1. The normalized spacial score (nSPS) is 15.2. The Morgan fingerprint density at radius 3 is 2.81 bits per heavy atom. The van der Waals surface area contributed by atoms with Crippen molar-refractivity contribution in [2.45, 2.75) is 25.4 Å². The Balaban J connectivity index is 2.20. The number of nitriles is 1. The number of hydrogen-bond donors (Lipinski definition) is 0. The van der Waals surface area contributed by atoms with E-state index >= 15 is 0 Å². The summed E-state index contributed by atoms with van der Waals surface area (Å²) < 4.78 is 6.20. The number of carbonyl (C=O) groups is 1. The largest absolute Gasteiger partial charge is 0.381 e. The Morgan fingerprint density at radius 1 is 1.52 bits per heavy atom. The minimum absolute atomic E-state index is 0.0711. The first-order valence-electron chi connectivity index (χ1n) is 6.85. The zero-order valence-corrected chi connectivity index (χ0v) is 13.3. The molecule has 4 nitrogen and oxygen atoms in total. The second-order valence-electron chi connectivity index (χ2n) is 4.93. The fourth-order valence-corrected chi connectivity index (χ4v) is 2.93. The van der Waals surface area contributed by atoms with Crippen molar-refractivity contribution in [3.8, 4) is 6.07 Å². The number of ether oxygens (including phenoxy) is 1. The van der Waals surface area contributed by atoms with Crippen molar-refractivity contribution in [1.29, 1.82) is 5.26 Å². The molecule has 1 amide bonds. The molecule has 0 N–H and O–H groups in total. The lowest BCUT2D eigenvalue weighted by molar-refractivity contribution is -0.130. The average molecular weight is 349 g/mol. The van der Waals surface area contributed by atoms with E-state index in [2.05, 4.69) is 28.6 Å². The predicted molar refractivity (Wildman–Crippen MR) is 83.4 cm³/mol. The molecule has 1 aliphatic rings. The van der Waals surface area contributed by atoms with Crippen LogP contribution in [0.25, 0.3) is 0 Å². The quantitative estimate of drug-likeness (QED) is 0.786. The van der Waals surface area contributed by atoms with Gasteiger partial charge in [-0.05, 0) is 36.6 Å². The van der Waals surface area contributed by atoms with Gasteiger partial charge in [0.15, 0.2) is 0 Å². The van der Waals surface area contributed by atoms with Crippen LogP contribution in [0.2, 0.25) is 0 Å². The highest BCUT2D eigenvalue weighted by molar-refractivity contribution is 9.10. The molecule has 0 saturated carbocycles. The zero-order valence-electron chi connectivity index (χ0n) is 11.7. The standard InChI is InChI=1S/C16H17BrN2O2/c1-2-16(20)19(14-5-7-21-8-6-14)11-13-4-3-12(10-18)9-15(13)17/h2-4,9,14H,1,5-8,11H2. The molecule has 2 rings (SSSR count). The molecule has 5 heteroatoms. The maximum Gasteiger partial charge on any atom is 0.246 e. The van der Waals surface area contributed by atoms with Gasteiger partial charge in [0.1, 0.15) is 0 Å². The summed E-state index contributed by atoms with van der Waals surface area (Å²) in [7, 11) is 0. The van der Waals surface area contributed by atoms with E-state index < -0.39 is 0 Å². The third-order valence-corrected chi connectivity index (χ3v) is 4.35. The molecule has 0 aliphatic carbocycles. The van der Waals surface area contributed by atoms with Gasteiger partial charge in [-0.3, -0.25) is 4.79 Å². The van der Waals surface area contributed by atoms with E-state index in [1.165, 1.54) is 6.08 Å². The van der Waals surface area contributed by atoms with Crippen LogP contribution in [-0.4, -0.2) is 30.1 Å². The Morgan fingerprint density at radius 2 is 2.24 bits per heavy atom. The molecular weight excluding hydrogens is 332 g/mol. The smallest absolute Gasteiger partial charge is 0.246 e. The molecule has 0 bridgehead atoms. The molecule has 1 heterocycles. The highest BCUT2D eigenvalue weighted by Crippen LogP contribution is 2.23. The fraction of sp³-hybridized carbons (Fsp3) is 0.375. The van der Waals surface area contributed by atoms with E-state index in [9.17, 15) is 4.79 Å². The van der Waals surface area contributed by atoms with E-state index in [1.807, 2.05) is 11.0 Å². The lowest BCUT2D eigenvalue weighted by atomic mass is 10.0. The lowest BCUT2D eigenvalue weighted by Crippen LogP contribution is -2.42. The molecule has 1 aromatic rings. The van der Waals surface area contributed by atoms with Gasteiger partial charge in [-0.1, -0.05) is 28.6 Å². The van der Waals surface area contributed by atoms with Gasteiger partial charge < -0.3 is 9.64 Å². The number of nitrogens with zero attached hydrogens (tertiary/aromatic N) is 2. The number of halogens is 1. The maximum atomic E-state index is 12.1. The van der Waals surface area contributed by atoms with Crippen molar-refractivity contribution >= 4 is 21.8 Å². The number of benzene rings is 1. The maximum absolute atomic E-state index is 12.1. The van der Waals surface area contributed by atoms with Crippen LogP contribution >= 0.6 is 15.9 Å². The highest BCUT2D eigenvalue weighted by atomic mass is 79.9. The van der Waals surface area contributed by atoms with Crippen molar-refractivity contribution in [1.82, 2.24) is 4.90 Å². The molecule has 0 atom stereocenters. The molecule has 21 heavy (non-hydrogen) atoms. The minimum atomic E-state index is -0.0711. The van der Waals surface area contributed by atoms with E-state index in [0.29, 0.717) is 25.3 Å². The van der Waals surface area contributed by atoms with Crippen LogP contribution in [0.5, 0.6) is 0 Å². The zero-order chi connectivity index (χ0) is 15.2. The molecule has 1 aliphatic heterocycles. The minimum Gasteiger partial charge on any atom is -0.381 e. The van der Waals surface area contributed by atoms with Crippen LogP contribution < -0.4 is 0 Å². The van der Waals surface area contributed by atoms with Crippen LogP contribution in [0.15, 0.2) is 35.3 Å². The molecule has 0 unspecified atom stereocenters. The van der Waals surface area contributed by atoms with Crippen LogP contribution in [0.1, 0.15) is 24.0 Å². The summed E-state index contributed by atoms with van der Waals surface area (Å²) in [5.74, 6) is -0.0711. The topological polar surface area (TPSA) is 53.3 Å². The first-order chi connectivity index (χ1) is 10.2. The van der Waals surface area contributed by atoms with Gasteiger partial charge in [0.05, 0.1) is 11.6 Å². The third-order valence-electron chi connectivity index (χ3n) is 3.61. The van der Waals surface area contributed by atoms with Gasteiger partial charge >= 0.3 is 0 Å². The second-order valence-corrected chi connectivity index (χ2v) is 5.79. The van der Waals surface area contributed by atoms with E-state index in [4.69, 9.17) is 10.00 Å². The van der Waals surface area contributed by atoms with Crippen molar-refractivity contribution in [2.75, 3.05) is 13.2 Å². The van der Waals surface area contributed by atoms with Gasteiger partial charge in [0.25, 0.3) is 0 Å². The first-order valence-corrected chi connectivity index (χ1v) is 7.64. The highest BCUT2D eigenvalue weighted by Gasteiger charge is 2.25. The van der Waals surface area contributed by atoms with Crippen LogP contribution in [0, 0.1) is 11.3 Å². The van der Waals surface area contributed by atoms with Gasteiger partial charge in [-0.2, -0.15) is 5.26 Å². The van der Waals surface area contributed by atoms with Crippen LogP contribution in [0.3, 0.4) is 0 Å². The lowest BCUT2D eigenvalue weighted by Gasteiger charge is -2.34. The van der Waals surface area contributed by atoms with Gasteiger partial charge in [-0.25, -0.2) is 0 Å². The summed E-state index contributed by atoms with van der Waals surface area (Å²) in [4.78, 5) is 14.0. The fourth-order valence-electron chi connectivity index (χ4n) is 2.43. The summed E-state index contributed by atoms with van der Waals surface area (Å²) in [5, 5.41) is 8.90. The number of amides is 1. The van der Waals surface area contributed by atoms with Crippen LogP contribution in [0.4, 0.5) is 0 Å². The van der Waals surface area contributed by atoms with E-state index in [-0.39, 0.29) is 11.9 Å². The van der Waals surface area contributed by atoms with Gasteiger partial charge in [0.2, 0.25) is 5.91 Å². The van der Waals surface area contributed by atoms with Gasteiger partial charge in [0, 0.05) is 30.3 Å². The molecule has 1 fully saturated rings. The summed E-state index contributed by atoms with van der Waals surface area (Å²) in [5.41, 5.74) is 1.58. The number of carbonyl (C=O) groups excluding carboxylic acids is 1. The molecule has 1 aromatic carbocycles. The summed E-state index contributed by atoms with van der Waals surface area (Å²) >= 11 is 3.47. The Labute approximate surface area is 133 Å². The van der Waals surface area contributed by atoms with Crippen molar-refractivity contribution in [3.63, 3.8) is 0 Å². The van der Waals surface area contributed by atoms with E-state index in [1.54, 1.807) is 12.1 Å². The molecule has 0 spiro atoms. The number of hydrogen-bond acceptors (Lipinski definition) is 3. The molecule has 1 saturated heterocycles. The second kappa shape index (κ2) is 7.39.